The van der Waals surface area contributed by atoms with Gasteiger partial charge in [0.25, 0.3) is 0 Å². The van der Waals surface area contributed by atoms with Crippen LogP contribution in [0.4, 0.5) is 0 Å². The Bertz CT molecular complexity index is 6920. The summed E-state index contributed by atoms with van der Waals surface area (Å²) in [6.45, 7) is 0. The van der Waals surface area contributed by atoms with E-state index in [1.54, 1.807) is 0 Å². The second kappa shape index (κ2) is 47.7. The van der Waals surface area contributed by atoms with Crippen LogP contribution in [0.2, 0.25) is 0 Å². The van der Waals surface area contributed by atoms with E-state index in [0.717, 1.165) is 0 Å². The predicted molar refractivity (Wildman–Crippen MR) is 620 cm³/mol. The molecule has 23 rings (SSSR count). The summed E-state index contributed by atoms with van der Waals surface area (Å²) in [7, 11) is -10.0. The molecule has 0 saturated carbocycles. The van der Waals surface area contributed by atoms with Gasteiger partial charge in [0.05, 0.1) is 0 Å². The molecule has 7 heteroatoms. The molecule has 0 unspecified atom stereocenters. The third-order valence-electron chi connectivity index (χ3n) is 26.4. The maximum absolute atomic E-state index is 8.42. The van der Waals surface area contributed by atoms with E-state index in [0.29, 0.717) is 0 Å². The van der Waals surface area contributed by atoms with Crippen molar-refractivity contribution >= 4 is 92.8 Å². The summed E-state index contributed by atoms with van der Waals surface area (Å²) in [4.78, 5) is 0. The predicted octanol–water partition coefficient (Wildman–Crippen LogP) is 27.3. The minimum atomic E-state index is -2.92. The molecule has 3 nitrogen and oxygen atoms in total. The van der Waals surface area contributed by atoms with Crippen molar-refractivity contribution in [2.45, 2.75) is 0 Å². The lowest BCUT2D eigenvalue weighted by molar-refractivity contribution is -0.479. The summed E-state index contributed by atoms with van der Waals surface area (Å²) >= 11 is 0. The van der Waals surface area contributed by atoms with Crippen LogP contribution in [0.15, 0.2) is 643 Å². The lowest BCUT2D eigenvalue weighted by Gasteiger charge is -2.35. The molecule has 0 bridgehead atoms. The van der Waals surface area contributed by atoms with Crippen LogP contribution in [0, 0.1) is 0 Å². The van der Waals surface area contributed by atoms with Gasteiger partial charge in [-0.3, -0.25) is 7.32 Å². The molecule has 23 aromatic carbocycles. The minimum absolute atomic E-state index is 1.22. The molecular weight excluding hydrogens is 1810 g/mol. The van der Waals surface area contributed by atoms with Gasteiger partial charge in [-0.1, -0.05) is 497 Å². The molecule has 0 atom stereocenters. The van der Waals surface area contributed by atoms with Gasteiger partial charge in [0.15, 0.2) is 0 Å². The summed E-state index contributed by atoms with van der Waals surface area (Å²) < 4.78 is 0. The lowest BCUT2D eigenvalue weighted by atomic mass is 9.87. The Morgan fingerprint density at radius 1 is 0.103 bits per heavy atom. The zero-order chi connectivity index (χ0) is 98.5. The lowest BCUT2D eigenvalue weighted by Crippen LogP contribution is -2.56. The second-order valence-corrected chi connectivity index (χ2v) is 45.1. The van der Waals surface area contributed by atoms with Crippen LogP contribution in [-0.2, 0) is 0 Å². The molecule has 0 fully saturated rings. The van der Waals surface area contributed by atoms with Crippen molar-refractivity contribution in [3.05, 3.63) is 643 Å². The van der Waals surface area contributed by atoms with Crippen molar-refractivity contribution in [3.63, 3.8) is 0 Å². The van der Waals surface area contributed by atoms with Crippen molar-refractivity contribution < 1.29 is 15.1 Å². The van der Waals surface area contributed by atoms with Crippen molar-refractivity contribution in [2.75, 3.05) is 0 Å². The molecule has 0 aliphatic rings. The van der Waals surface area contributed by atoms with Gasteiger partial charge in [-0.25, -0.2) is 0 Å². The maximum atomic E-state index is 8.42. The van der Waals surface area contributed by atoms with Crippen molar-refractivity contribution in [1.82, 2.24) is 0 Å². The Kier molecular flexibility index (Phi) is 32.0. The Hall–Kier alpha value is -16.7. The minimum Gasteiger partial charge on any atom is -0.907 e. The van der Waals surface area contributed by atoms with Gasteiger partial charge in [0.2, 0.25) is 0 Å². The van der Waals surface area contributed by atoms with Gasteiger partial charge in [0, 0.05) is 33.4 Å². The Morgan fingerprint density at radius 2 is 0.207 bits per heavy atom. The van der Waals surface area contributed by atoms with E-state index in [1.807, 2.05) is 12.1 Å². The Labute approximate surface area is 855 Å². The monoisotopic (exact) mass is 1910 g/mol. The summed E-state index contributed by atoms with van der Waals surface area (Å²) in [6.07, 6.45) is 0. The summed E-state index contributed by atoms with van der Waals surface area (Å²) in [6, 6.07) is 234. The zero-order valence-corrected chi connectivity index (χ0v) is 83.0. The summed E-state index contributed by atoms with van der Waals surface area (Å²) in [5, 5.41) is 41.4. The van der Waals surface area contributed by atoms with Crippen LogP contribution in [0.5, 0.6) is 0 Å². The molecule has 23 aromatic rings. The van der Waals surface area contributed by atoms with Crippen LogP contribution in [-0.4, -0.2) is 7.32 Å². The number of hydrogen-bond acceptors (Lipinski definition) is 3. The fraction of sp³-hybridized carbons (Fsp3) is 0. The first-order valence-corrected chi connectivity index (χ1v) is 54.5. The molecule has 0 amide bonds. The molecule has 0 saturated heterocycles. The highest BCUT2D eigenvalue weighted by molar-refractivity contribution is 8.02. The quantitative estimate of drug-likeness (QED) is 0.0501. The van der Waals surface area contributed by atoms with Gasteiger partial charge >= 0.3 is 0 Å². The third-order valence-corrected chi connectivity index (χ3v) is 39.4. The van der Waals surface area contributed by atoms with Gasteiger partial charge in [-0.15, -0.1) is 0 Å². The highest BCUT2D eigenvalue weighted by Gasteiger charge is 2.54. The van der Waals surface area contributed by atoms with Crippen molar-refractivity contribution in [1.29, 1.82) is 0 Å². The van der Waals surface area contributed by atoms with E-state index in [2.05, 4.69) is 631 Å². The first-order valence-electron chi connectivity index (χ1n) is 49.1. The molecule has 0 aliphatic carbocycles. The fourth-order valence-corrected chi connectivity index (χ4v) is 33.7. The average Bonchev–Trinajstić information content (AvgIpc) is 0.719. The second-order valence-electron chi connectivity index (χ2n) is 35.0. The Balaban J connectivity index is 0.000000127. The molecular formula is C138H106BO3P3. The van der Waals surface area contributed by atoms with Crippen molar-refractivity contribution in [3.8, 4) is 111 Å². The van der Waals surface area contributed by atoms with Crippen LogP contribution in [0.1, 0.15) is 0 Å². The first kappa shape index (κ1) is 97.1. The van der Waals surface area contributed by atoms with E-state index in [-0.39, 0.29) is 0 Å². The Morgan fingerprint density at radius 3 is 0.338 bits per heavy atom. The van der Waals surface area contributed by atoms with Gasteiger partial charge in [-0.2, -0.15) is 0 Å². The zero-order valence-electron chi connectivity index (χ0n) is 80.3. The molecule has 0 aliphatic heterocycles. The van der Waals surface area contributed by atoms with Gasteiger partial charge < -0.3 is 15.1 Å². The number of benzene rings is 23. The van der Waals surface area contributed by atoms with E-state index in [1.165, 1.54) is 175 Å². The SMILES string of the molecule is [O-]B([O-])[O-].c1ccc(-c2ccc([P+](c3ccccc3)(c3ccccc3)c3ccccc3)c(-c3ccccc3)c2-c2ccccc2)cc1.c1ccc(-c2ccc([P+](c3ccccc3)(c3ccccc3)c3ccccc3)c(-c3ccccc3)c2-c2ccccc2)cc1.c1ccc(-c2ccc([P+](c3ccccc3)(c3ccccc3)c3ccccc3)c(-c3ccccc3)c2-c2ccccc2)cc1.c1ccc(-c2ccccc2)cc1. The highest BCUT2D eigenvalue weighted by Crippen LogP contribution is 2.62. The highest BCUT2D eigenvalue weighted by atomic mass is 31.2. The summed E-state index contributed by atoms with van der Waals surface area (Å²) in [5.74, 6) is 0. The van der Waals surface area contributed by atoms with Crippen LogP contribution in [0.3, 0.4) is 0 Å². The smallest absolute Gasteiger partial charge is 0.144 e. The molecule has 0 spiro atoms. The number of rotatable bonds is 22. The molecule has 0 aromatic heterocycles. The molecule has 145 heavy (non-hydrogen) atoms. The fourth-order valence-electron chi connectivity index (χ4n) is 20.3. The number of hydrogen-bond donors (Lipinski definition) is 0. The maximum Gasteiger partial charge on any atom is 0.144 e. The standard InChI is InChI=1S/3C42H32P.C12H10.BO3/c3*1-7-19-33(20-8-1)39-31-32-40(42(35-23-11-3-12-24-35)41(39)34-21-9-2-10-22-34)43(36-25-13-4-14-26-36,37-27-15-5-16-28-37)38-29-17-6-18-30-38;1-3-7-11(8-4-1)12-9-5-2-6-10-12;2-1(3)4/h3*1-32H;1-10H;/q3*+1;;-3. The normalized spacial score (nSPS) is 11.0. The van der Waals surface area contributed by atoms with Crippen LogP contribution in [0.25, 0.3) is 111 Å². The van der Waals surface area contributed by atoms with Crippen LogP contribution >= 0.6 is 21.8 Å². The van der Waals surface area contributed by atoms with E-state index >= 15 is 0 Å². The molecule has 0 heterocycles. The van der Waals surface area contributed by atoms with Gasteiger partial charge in [0.1, 0.15) is 85.4 Å². The third kappa shape index (κ3) is 21.3. The first-order chi connectivity index (χ1) is 71.8. The van der Waals surface area contributed by atoms with E-state index in [4.69, 9.17) is 15.1 Å². The molecule has 694 valence electrons. The van der Waals surface area contributed by atoms with Crippen molar-refractivity contribution in [2.24, 2.45) is 0 Å². The largest absolute Gasteiger partial charge is 0.907 e. The molecule has 0 radical (unpaired) electrons. The molecule has 0 N–H and O–H groups in total. The van der Waals surface area contributed by atoms with Gasteiger partial charge in [-0.05, 0) is 223 Å². The van der Waals surface area contributed by atoms with E-state index in [9.17, 15) is 0 Å². The van der Waals surface area contributed by atoms with Crippen LogP contribution < -0.4 is 78.7 Å². The van der Waals surface area contributed by atoms with E-state index < -0.39 is 29.1 Å². The topological polar surface area (TPSA) is 69.2 Å². The average molecular weight is 1920 g/mol. The summed E-state index contributed by atoms with van der Waals surface area (Å²) in [5.41, 5.74) is 24.9.